The molecule has 0 heterocycles. The monoisotopic (exact) mass is 355 g/mol. The van der Waals surface area contributed by atoms with Gasteiger partial charge in [-0.05, 0) is 48.4 Å². The Bertz CT molecular complexity index is 855. The summed E-state index contributed by atoms with van der Waals surface area (Å²) in [6.07, 6.45) is 2.64. The fraction of sp³-hybridized carbons (Fsp3) is 0.158. The predicted molar refractivity (Wildman–Crippen MR) is 94.9 cm³/mol. The number of benzene rings is 2. The van der Waals surface area contributed by atoms with E-state index in [1.165, 1.54) is 30.3 Å². The maximum Gasteiger partial charge on any atom is 0.276 e. The van der Waals surface area contributed by atoms with Crippen molar-refractivity contribution in [3.8, 4) is 11.5 Å². The molecule has 7 nitrogen and oxygen atoms in total. The molecule has 0 bridgehead atoms. The molecule has 0 fully saturated rings. The lowest BCUT2D eigenvalue weighted by atomic mass is 10.0. The quantitative estimate of drug-likeness (QED) is 0.325. The highest BCUT2D eigenvalue weighted by atomic mass is 16.6. The van der Waals surface area contributed by atoms with Crippen LogP contribution >= 0.6 is 0 Å². The lowest BCUT2D eigenvalue weighted by Gasteiger charge is -2.01. The largest absolute Gasteiger partial charge is 0.508 e. The van der Waals surface area contributed by atoms with Gasteiger partial charge < -0.3 is 10.2 Å². The summed E-state index contributed by atoms with van der Waals surface area (Å²) in [4.78, 5) is 34.1. The number of hydrogen-bond donors (Lipinski definition) is 2. The van der Waals surface area contributed by atoms with Crippen molar-refractivity contribution in [3.05, 3.63) is 69.8 Å². The summed E-state index contributed by atoms with van der Waals surface area (Å²) < 4.78 is 0. The number of Topliss-reactive ketones (excluding diaryl/α,β-unsaturated/α-hetero) is 1. The Kier molecular flexibility index (Phi) is 6.21. The van der Waals surface area contributed by atoms with Gasteiger partial charge in [-0.1, -0.05) is 12.1 Å². The zero-order chi connectivity index (χ0) is 19.1. The summed E-state index contributed by atoms with van der Waals surface area (Å²) >= 11 is 0. The van der Waals surface area contributed by atoms with E-state index in [0.29, 0.717) is 6.42 Å². The molecule has 0 saturated heterocycles. The first kappa shape index (κ1) is 18.9. The third-order valence-electron chi connectivity index (χ3n) is 3.66. The molecule has 0 aliphatic rings. The topological polar surface area (TPSA) is 118 Å². The van der Waals surface area contributed by atoms with E-state index in [1.54, 1.807) is 12.1 Å². The Morgan fingerprint density at radius 1 is 1.04 bits per heavy atom. The van der Waals surface area contributed by atoms with Crippen LogP contribution in [0.3, 0.4) is 0 Å². The molecule has 0 aliphatic heterocycles. The average Bonchev–Trinajstić information content (AvgIpc) is 2.59. The molecule has 0 aromatic heterocycles. The molecule has 7 heteroatoms. The SMILES string of the molecule is O=C(C=Cc1cc(O)ccc1[N+](=O)[O-])CC(=O)CCc1ccc(O)cc1. The molecule has 0 atom stereocenters. The fourth-order valence-corrected chi connectivity index (χ4v) is 2.31. The maximum absolute atomic E-state index is 11.9. The van der Waals surface area contributed by atoms with Crippen molar-refractivity contribution >= 4 is 23.3 Å². The second-order valence-electron chi connectivity index (χ2n) is 5.68. The van der Waals surface area contributed by atoms with E-state index in [-0.39, 0.29) is 41.4 Å². The van der Waals surface area contributed by atoms with Crippen molar-refractivity contribution in [1.82, 2.24) is 0 Å². The number of nitro benzene ring substituents is 1. The molecular formula is C19H17NO6. The van der Waals surface area contributed by atoms with Gasteiger partial charge in [-0.2, -0.15) is 0 Å². The first-order chi connectivity index (χ1) is 12.3. The van der Waals surface area contributed by atoms with Crippen LogP contribution in [0.1, 0.15) is 24.0 Å². The molecule has 2 aromatic rings. The summed E-state index contributed by atoms with van der Waals surface area (Å²) in [5.74, 6) is -0.745. The van der Waals surface area contributed by atoms with E-state index in [4.69, 9.17) is 0 Å². The van der Waals surface area contributed by atoms with Crippen LogP contribution in [0.2, 0.25) is 0 Å². The number of aryl methyl sites for hydroxylation is 1. The van der Waals surface area contributed by atoms with Crippen molar-refractivity contribution in [1.29, 1.82) is 0 Å². The normalized spacial score (nSPS) is 10.8. The Morgan fingerprint density at radius 2 is 1.69 bits per heavy atom. The number of nitro groups is 1. The maximum atomic E-state index is 11.9. The molecule has 0 aliphatic carbocycles. The van der Waals surface area contributed by atoms with Gasteiger partial charge in [0.05, 0.1) is 16.9 Å². The van der Waals surface area contributed by atoms with E-state index in [2.05, 4.69) is 0 Å². The van der Waals surface area contributed by atoms with Crippen molar-refractivity contribution < 1.29 is 24.7 Å². The Balaban J connectivity index is 1.92. The number of phenolic OH excluding ortho intramolecular Hbond substituents is 2. The number of rotatable bonds is 8. The molecule has 134 valence electrons. The van der Waals surface area contributed by atoms with Gasteiger partial charge >= 0.3 is 0 Å². The van der Waals surface area contributed by atoms with Crippen LogP contribution in [0, 0.1) is 10.1 Å². The summed E-state index contributed by atoms with van der Waals surface area (Å²) in [6, 6.07) is 9.95. The molecule has 2 N–H and O–H groups in total. The van der Waals surface area contributed by atoms with E-state index in [0.717, 1.165) is 17.7 Å². The minimum atomic E-state index is -0.619. The number of aromatic hydroxyl groups is 2. The predicted octanol–water partition coefficient (Wildman–Crippen LogP) is 3.18. The van der Waals surface area contributed by atoms with Crippen LogP contribution in [0.15, 0.2) is 48.5 Å². The highest BCUT2D eigenvalue weighted by Crippen LogP contribution is 2.24. The highest BCUT2D eigenvalue weighted by molar-refractivity contribution is 6.06. The van der Waals surface area contributed by atoms with Gasteiger partial charge in [0, 0.05) is 12.5 Å². The van der Waals surface area contributed by atoms with Crippen LogP contribution in [0.25, 0.3) is 6.08 Å². The lowest BCUT2D eigenvalue weighted by Crippen LogP contribution is -2.06. The van der Waals surface area contributed by atoms with Crippen molar-refractivity contribution in [3.63, 3.8) is 0 Å². The average molecular weight is 355 g/mol. The summed E-state index contributed by atoms with van der Waals surface area (Å²) in [5.41, 5.74) is 0.708. The first-order valence-electron chi connectivity index (χ1n) is 7.83. The van der Waals surface area contributed by atoms with Crippen molar-refractivity contribution in [2.45, 2.75) is 19.3 Å². The van der Waals surface area contributed by atoms with Crippen LogP contribution in [-0.2, 0) is 16.0 Å². The molecular weight excluding hydrogens is 338 g/mol. The Hall–Kier alpha value is -3.48. The number of carbonyl (C=O) groups is 2. The van der Waals surface area contributed by atoms with E-state index in [9.17, 15) is 29.9 Å². The van der Waals surface area contributed by atoms with Gasteiger partial charge in [0.25, 0.3) is 5.69 Å². The number of carbonyl (C=O) groups excluding carboxylic acids is 2. The lowest BCUT2D eigenvalue weighted by molar-refractivity contribution is -0.385. The summed E-state index contributed by atoms with van der Waals surface area (Å²) in [5, 5.41) is 29.5. The van der Waals surface area contributed by atoms with Gasteiger partial charge in [0.2, 0.25) is 0 Å². The summed E-state index contributed by atoms with van der Waals surface area (Å²) in [7, 11) is 0. The van der Waals surface area contributed by atoms with Gasteiger partial charge in [-0.15, -0.1) is 0 Å². The van der Waals surface area contributed by atoms with E-state index in [1.807, 2.05) is 0 Å². The second kappa shape index (κ2) is 8.57. The molecule has 2 rings (SSSR count). The highest BCUT2D eigenvalue weighted by Gasteiger charge is 2.13. The van der Waals surface area contributed by atoms with E-state index < -0.39 is 10.7 Å². The number of phenols is 2. The van der Waals surface area contributed by atoms with Gasteiger partial charge in [-0.3, -0.25) is 19.7 Å². The zero-order valence-corrected chi connectivity index (χ0v) is 13.8. The number of nitrogens with zero attached hydrogens (tertiary/aromatic N) is 1. The molecule has 0 saturated carbocycles. The third kappa shape index (κ3) is 5.55. The van der Waals surface area contributed by atoms with Crippen LogP contribution in [0.5, 0.6) is 11.5 Å². The number of ketones is 2. The fourth-order valence-electron chi connectivity index (χ4n) is 2.31. The minimum Gasteiger partial charge on any atom is -0.508 e. The van der Waals surface area contributed by atoms with Crippen LogP contribution in [-0.4, -0.2) is 26.7 Å². The van der Waals surface area contributed by atoms with Gasteiger partial charge in [0.15, 0.2) is 5.78 Å². The van der Waals surface area contributed by atoms with Crippen LogP contribution < -0.4 is 0 Å². The molecule has 26 heavy (non-hydrogen) atoms. The number of allylic oxidation sites excluding steroid dienone is 1. The Labute approximate surface area is 149 Å². The number of hydrogen-bond acceptors (Lipinski definition) is 6. The standard InChI is InChI=1S/C19H17NO6/c21-15-5-1-13(2-6-15)3-7-17(23)12-18(24)8-4-14-11-16(22)9-10-19(14)20(25)26/h1-2,4-6,8-11,21-22H,3,7,12H2. The van der Waals surface area contributed by atoms with Crippen molar-refractivity contribution in [2.75, 3.05) is 0 Å². The third-order valence-corrected chi connectivity index (χ3v) is 3.66. The molecule has 0 spiro atoms. The van der Waals surface area contributed by atoms with E-state index >= 15 is 0 Å². The van der Waals surface area contributed by atoms with Crippen molar-refractivity contribution in [2.24, 2.45) is 0 Å². The first-order valence-corrected chi connectivity index (χ1v) is 7.83. The molecule has 0 radical (unpaired) electrons. The zero-order valence-electron chi connectivity index (χ0n) is 13.8. The molecule has 2 aromatic carbocycles. The second-order valence-corrected chi connectivity index (χ2v) is 5.68. The minimum absolute atomic E-state index is 0.0832. The molecule has 0 amide bonds. The van der Waals surface area contributed by atoms with Gasteiger partial charge in [-0.25, -0.2) is 0 Å². The smallest absolute Gasteiger partial charge is 0.276 e. The summed E-state index contributed by atoms with van der Waals surface area (Å²) in [6.45, 7) is 0. The van der Waals surface area contributed by atoms with Gasteiger partial charge in [0.1, 0.15) is 17.3 Å². The van der Waals surface area contributed by atoms with Crippen LogP contribution in [0.4, 0.5) is 5.69 Å². The Morgan fingerprint density at radius 3 is 2.35 bits per heavy atom. The molecule has 0 unspecified atom stereocenters.